The van der Waals surface area contributed by atoms with Crippen LogP contribution >= 0.6 is 11.6 Å². The maximum Gasteiger partial charge on any atom is 0.270 e. The molecule has 0 saturated carbocycles. The van der Waals surface area contributed by atoms with E-state index in [2.05, 4.69) is 5.32 Å². The van der Waals surface area contributed by atoms with Gasteiger partial charge in [0, 0.05) is 5.02 Å². The largest absolute Gasteiger partial charge is 0.476 e. The molecule has 10 heteroatoms. The van der Waals surface area contributed by atoms with Crippen molar-refractivity contribution in [3.05, 3.63) is 77.8 Å². The van der Waals surface area contributed by atoms with Gasteiger partial charge in [-0.15, -0.1) is 0 Å². The first kappa shape index (κ1) is 21.3. The second kappa shape index (κ2) is 8.09. The van der Waals surface area contributed by atoms with Gasteiger partial charge in [-0.1, -0.05) is 41.9 Å². The van der Waals surface area contributed by atoms with Gasteiger partial charge in [0.2, 0.25) is 5.91 Å². The van der Waals surface area contributed by atoms with Crippen molar-refractivity contribution in [3.8, 4) is 5.75 Å². The van der Waals surface area contributed by atoms with Crippen LogP contribution in [-0.2, 0) is 19.6 Å². The van der Waals surface area contributed by atoms with E-state index in [-0.39, 0.29) is 35.3 Å². The zero-order valence-electron chi connectivity index (χ0n) is 17.1. The molecule has 3 aromatic rings. The molecule has 0 fully saturated rings. The van der Waals surface area contributed by atoms with E-state index >= 15 is 0 Å². The number of anilines is 3. The number of sulfonamides is 1. The number of fused-ring (bicyclic) bond motifs is 2. The molecule has 2 aliphatic heterocycles. The van der Waals surface area contributed by atoms with Crippen LogP contribution in [0, 0.1) is 0 Å². The Kier molecular flexibility index (Phi) is 5.22. The molecule has 1 atom stereocenters. The standard InChI is InChI=1S/C23H18ClN3O5S/c24-15-10-11-20-19(12-15)27(33(30,31)16-6-2-1-3-7-16)13-21(32-20)23(29)26-14-22(28)25-17-8-4-5-9-18(17)26/h1-12,21H,13-14H2,(H,25,28). The van der Waals surface area contributed by atoms with Gasteiger partial charge in [-0.05, 0) is 42.5 Å². The molecular formula is C23H18ClN3O5S. The highest BCUT2D eigenvalue weighted by molar-refractivity contribution is 7.92. The molecule has 3 aromatic carbocycles. The lowest BCUT2D eigenvalue weighted by Crippen LogP contribution is -2.54. The third kappa shape index (κ3) is 3.79. The number of amides is 2. The van der Waals surface area contributed by atoms with E-state index in [1.165, 1.54) is 29.2 Å². The molecule has 33 heavy (non-hydrogen) atoms. The first-order chi connectivity index (χ1) is 15.8. The highest BCUT2D eigenvalue weighted by Crippen LogP contribution is 2.40. The fraction of sp³-hybridized carbons (Fsp3) is 0.130. The number of benzene rings is 3. The zero-order valence-corrected chi connectivity index (χ0v) is 18.7. The van der Waals surface area contributed by atoms with E-state index in [1.807, 2.05) is 0 Å². The lowest BCUT2D eigenvalue weighted by molar-refractivity contribution is -0.127. The molecule has 2 aliphatic rings. The van der Waals surface area contributed by atoms with Crippen LogP contribution in [-0.4, -0.2) is 39.4 Å². The summed E-state index contributed by atoms with van der Waals surface area (Å²) in [5.41, 5.74) is 1.26. The third-order valence-corrected chi connectivity index (χ3v) is 7.46. The molecule has 0 saturated heterocycles. The lowest BCUT2D eigenvalue weighted by atomic mass is 10.1. The number of carbonyl (C=O) groups excluding carboxylic acids is 2. The van der Waals surface area contributed by atoms with Crippen molar-refractivity contribution in [1.82, 2.24) is 0 Å². The predicted molar refractivity (Wildman–Crippen MR) is 124 cm³/mol. The molecule has 0 radical (unpaired) electrons. The summed E-state index contributed by atoms with van der Waals surface area (Å²) in [6, 6.07) is 19.4. The van der Waals surface area contributed by atoms with Gasteiger partial charge in [0.25, 0.3) is 15.9 Å². The van der Waals surface area contributed by atoms with E-state index in [1.54, 1.807) is 48.5 Å². The highest BCUT2D eigenvalue weighted by Gasteiger charge is 2.41. The summed E-state index contributed by atoms with van der Waals surface area (Å²) in [4.78, 5) is 27.1. The quantitative estimate of drug-likeness (QED) is 0.616. The van der Waals surface area contributed by atoms with Crippen molar-refractivity contribution in [2.75, 3.05) is 27.6 Å². The Bertz CT molecular complexity index is 1360. The average molecular weight is 484 g/mol. The number of halogens is 1. The molecule has 168 valence electrons. The van der Waals surface area contributed by atoms with Gasteiger partial charge in [-0.25, -0.2) is 8.42 Å². The maximum atomic E-state index is 13.5. The number of rotatable bonds is 3. The van der Waals surface area contributed by atoms with Crippen LogP contribution in [0.5, 0.6) is 5.75 Å². The number of carbonyl (C=O) groups is 2. The van der Waals surface area contributed by atoms with Crippen LogP contribution in [0.15, 0.2) is 77.7 Å². The Morgan fingerprint density at radius 1 is 1.00 bits per heavy atom. The van der Waals surface area contributed by atoms with Gasteiger partial charge < -0.3 is 10.1 Å². The summed E-state index contributed by atoms with van der Waals surface area (Å²) in [5.74, 6) is -0.664. The van der Waals surface area contributed by atoms with Crippen LogP contribution in [0.2, 0.25) is 5.02 Å². The molecule has 1 N–H and O–H groups in total. The number of ether oxygens (including phenoxy) is 1. The number of hydrogen-bond acceptors (Lipinski definition) is 5. The van der Waals surface area contributed by atoms with Gasteiger partial charge in [0.05, 0.1) is 28.5 Å². The number of nitrogens with one attached hydrogen (secondary N) is 1. The van der Waals surface area contributed by atoms with E-state index in [9.17, 15) is 18.0 Å². The Balaban J connectivity index is 1.55. The number of hydrogen-bond donors (Lipinski definition) is 1. The molecule has 8 nitrogen and oxygen atoms in total. The minimum Gasteiger partial charge on any atom is -0.476 e. The monoisotopic (exact) mass is 483 g/mol. The first-order valence-corrected chi connectivity index (χ1v) is 11.9. The third-order valence-electron chi connectivity index (χ3n) is 5.43. The van der Waals surface area contributed by atoms with Gasteiger partial charge in [-0.3, -0.25) is 18.8 Å². The Hall–Kier alpha value is -3.56. The zero-order chi connectivity index (χ0) is 23.2. The molecule has 2 amide bonds. The Morgan fingerprint density at radius 3 is 2.52 bits per heavy atom. The van der Waals surface area contributed by atoms with Crippen molar-refractivity contribution in [3.63, 3.8) is 0 Å². The lowest BCUT2D eigenvalue weighted by Gasteiger charge is -2.38. The van der Waals surface area contributed by atoms with Crippen LogP contribution in [0.1, 0.15) is 0 Å². The van der Waals surface area contributed by atoms with Crippen LogP contribution < -0.4 is 19.3 Å². The van der Waals surface area contributed by atoms with Crippen molar-refractivity contribution < 1.29 is 22.7 Å². The average Bonchev–Trinajstić information content (AvgIpc) is 2.82. The van der Waals surface area contributed by atoms with Crippen molar-refractivity contribution in [1.29, 1.82) is 0 Å². The summed E-state index contributed by atoms with van der Waals surface area (Å²) in [6.07, 6.45) is -1.17. The molecule has 2 heterocycles. The molecular weight excluding hydrogens is 466 g/mol. The Morgan fingerprint density at radius 2 is 1.73 bits per heavy atom. The van der Waals surface area contributed by atoms with Crippen LogP contribution in [0.4, 0.5) is 17.1 Å². The van der Waals surface area contributed by atoms with E-state index in [0.29, 0.717) is 16.4 Å². The van der Waals surface area contributed by atoms with E-state index in [4.69, 9.17) is 16.3 Å². The van der Waals surface area contributed by atoms with Gasteiger partial charge in [0.15, 0.2) is 6.10 Å². The van der Waals surface area contributed by atoms with E-state index in [0.717, 1.165) is 4.31 Å². The fourth-order valence-electron chi connectivity index (χ4n) is 3.90. The maximum absolute atomic E-state index is 13.5. The molecule has 0 aromatic heterocycles. The Labute approximate surface area is 195 Å². The van der Waals surface area contributed by atoms with Crippen molar-refractivity contribution in [2.24, 2.45) is 0 Å². The van der Waals surface area contributed by atoms with Crippen molar-refractivity contribution in [2.45, 2.75) is 11.0 Å². The van der Waals surface area contributed by atoms with Gasteiger partial charge >= 0.3 is 0 Å². The predicted octanol–water partition coefficient (Wildman–Crippen LogP) is 3.28. The van der Waals surface area contributed by atoms with E-state index < -0.39 is 22.0 Å². The minimum atomic E-state index is -4.02. The summed E-state index contributed by atoms with van der Waals surface area (Å²) < 4.78 is 34.0. The topological polar surface area (TPSA) is 96.0 Å². The second-order valence-electron chi connectivity index (χ2n) is 7.56. The molecule has 0 bridgehead atoms. The number of para-hydroxylation sites is 2. The summed E-state index contributed by atoms with van der Waals surface area (Å²) >= 11 is 6.13. The normalized spacial score (nSPS) is 17.5. The molecule has 0 spiro atoms. The van der Waals surface area contributed by atoms with Gasteiger partial charge in [-0.2, -0.15) is 0 Å². The second-order valence-corrected chi connectivity index (χ2v) is 9.86. The summed E-state index contributed by atoms with van der Waals surface area (Å²) in [5, 5.41) is 3.06. The summed E-state index contributed by atoms with van der Waals surface area (Å²) in [7, 11) is -4.02. The molecule has 5 rings (SSSR count). The van der Waals surface area contributed by atoms with Crippen LogP contribution in [0.25, 0.3) is 0 Å². The molecule has 0 aliphatic carbocycles. The first-order valence-electron chi connectivity index (χ1n) is 10.1. The van der Waals surface area contributed by atoms with Gasteiger partial charge in [0.1, 0.15) is 12.3 Å². The molecule has 1 unspecified atom stereocenters. The SMILES string of the molecule is O=C1CN(C(=O)C2CN(S(=O)(=O)c3ccccc3)c3cc(Cl)ccc3O2)c2ccccc2N1. The summed E-state index contributed by atoms with van der Waals surface area (Å²) in [6.45, 7) is -0.474. The van der Waals surface area contributed by atoms with Crippen molar-refractivity contribution >= 4 is 50.5 Å². The highest BCUT2D eigenvalue weighted by atomic mass is 35.5. The van der Waals surface area contributed by atoms with Crippen LogP contribution in [0.3, 0.4) is 0 Å². The smallest absolute Gasteiger partial charge is 0.270 e. The fourth-order valence-corrected chi connectivity index (χ4v) is 5.56. The number of nitrogens with zero attached hydrogens (tertiary/aromatic N) is 2. The minimum absolute atomic E-state index is 0.0757.